The first-order chi connectivity index (χ1) is 11.9. The van der Waals surface area contributed by atoms with E-state index in [-0.39, 0.29) is 42.4 Å². The molecule has 3 rings (SSSR count). The average molecular weight is 366 g/mol. The smallest absolute Gasteiger partial charge is 0.309 e. The molecule has 136 valence electrons. The number of sulfonamides is 1. The van der Waals surface area contributed by atoms with Gasteiger partial charge in [-0.3, -0.25) is 9.59 Å². The van der Waals surface area contributed by atoms with E-state index < -0.39 is 10.0 Å². The van der Waals surface area contributed by atoms with Gasteiger partial charge in [0.25, 0.3) is 5.91 Å². The van der Waals surface area contributed by atoms with Crippen LogP contribution in [0, 0.1) is 11.8 Å². The second kappa shape index (κ2) is 7.13. The molecule has 0 aromatic heterocycles. The molecule has 0 spiro atoms. The highest BCUT2D eigenvalue weighted by Crippen LogP contribution is 2.38. The minimum atomic E-state index is -3.54. The maximum absolute atomic E-state index is 12.5. The van der Waals surface area contributed by atoms with Crippen molar-refractivity contribution >= 4 is 21.9 Å². The maximum Gasteiger partial charge on any atom is 0.309 e. The molecular formula is C17H22N2O5S. The molecule has 25 heavy (non-hydrogen) atoms. The van der Waals surface area contributed by atoms with Crippen molar-refractivity contribution in [3.63, 3.8) is 0 Å². The third-order valence-electron chi connectivity index (χ3n) is 4.72. The molecule has 0 radical (unpaired) electrons. The number of benzene rings is 1. The van der Waals surface area contributed by atoms with E-state index in [2.05, 4.69) is 0 Å². The lowest BCUT2D eigenvalue weighted by Crippen LogP contribution is -2.51. The lowest BCUT2D eigenvalue weighted by Gasteiger charge is -2.33. The number of esters is 1. The van der Waals surface area contributed by atoms with Gasteiger partial charge in [-0.25, -0.2) is 8.42 Å². The molecule has 1 saturated carbocycles. The maximum atomic E-state index is 12.5. The summed E-state index contributed by atoms with van der Waals surface area (Å²) in [6, 6.07) is 8.25. The molecule has 7 nitrogen and oxygen atoms in total. The van der Waals surface area contributed by atoms with Crippen molar-refractivity contribution in [1.82, 2.24) is 9.21 Å². The highest BCUT2D eigenvalue weighted by Gasteiger charge is 2.41. The van der Waals surface area contributed by atoms with Crippen LogP contribution < -0.4 is 0 Å². The number of nitrogens with zero attached hydrogens (tertiary/aromatic N) is 2. The number of carbonyl (C=O) groups excluding carboxylic acids is 2. The number of hydrogen-bond acceptors (Lipinski definition) is 5. The Labute approximate surface area is 147 Å². The summed E-state index contributed by atoms with van der Waals surface area (Å²) in [5.74, 6) is -0.320. The second-order valence-electron chi connectivity index (χ2n) is 6.53. The van der Waals surface area contributed by atoms with Crippen molar-refractivity contribution in [2.75, 3.05) is 32.8 Å². The Balaban J connectivity index is 1.50. The fourth-order valence-corrected chi connectivity index (χ4v) is 4.34. The Morgan fingerprint density at radius 1 is 1.12 bits per heavy atom. The minimum Gasteiger partial charge on any atom is -0.455 e. The topological polar surface area (TPSA) is 84.0 Å². The summed E-state index contributed by atoms with van der Waals surface area (Å²) in [5.41, 5.74) is 0. The molecule has 1 heterocycles. The summed E-state index contributed by atoms with van der Waals surface area (Å²) in [4.78, 5) is 25.6. The quantitative estimate of drug-likeness (QED) is 0.717. The third-order valence-corrected chi connectivity index (χ3v) is 6.64. The van der Waals surface area contributed by atoms with Crippen LogP contribution in [-0.2, 0) is 24.3 Å². The number of ether oxygens (including phenoxy) is 1. The SMILES string of the molecule is C[C@@H]1C[C@@H]1C(=O)OCC(=O)N1CCN(S(=O)(=O)c2ccccc2)CC1. The predicted molar refractivity (Wildman–Crippen MR) is 90.0 cm³/mol. The average Bonchev–Trinajstić information content (AvgIpc) is 3.37. The standard InChI is InChI=1S/C17H22N2O5S/c1-13-11-15(13)17(21)24-12-16(20)18-7-9-19(10-8-18)25(22,23)14-5-3-2-4-6-14/h2-6,13,15H,7-12H2,1H3/t13-,15+/m1/s1. The lowest BCUT2D eigenvalue weighted by atomic mass is 10.3. The number of hydrogen-bond donors (Lipinski definition) is 0. The largest absolute Gasteiger partial charge is 0.455 e. The van der Waals surface area contributed by atoms with Crippen molar-refractivity contribution in [2.24, 2.45) is 11.8 Å². The van der Waals surface area contributed by atoms with Crippen LogP contribution in [-0.4, -0.2) is 62.3 Å². The Morgan fingerprint density at radius 3 is 2.28 bits per heavy atom. The normalized spacial score (nSPS) is 24.0. The van der Waals surface area contributed by atoms with Gasteiger partial charge in [-0.1, -0.05) is 25.1 Å². The molecule has 2 atom stereocenters. The second-order valence-corrected chi connectivity index (χ2v) is 8.46. The van der Waals surface area contributed by atoms with Gasteiger partial charge < -0.3 is 9.64 Å². The van der Waals surface area contributed by atoms with Gasteiger partial charge in [0.2, 0.25) is 10.0 Å². The van der Waals surface area contributed by atoms with E-state index in [1.54, 1.807) is 35.2 Å². The number of carbonyl (C=O) groups is 2. The third kappa shape index (κ3) is 4.01. The summed E-state index contributed by atoms with van der Waals surface area (Å²) >= 11 is 0. The van der Waals surface area contributed by atoms with Crippen LogP contribution in [0.2, 0.25) is 0 Å². The van der Waals surface area contributed by atoms with E-state index in [0.29, 0.717) is 19.0 Å². The molecule has 1 aromatic carbocycles. The van der Waals surface area contributed by atoms with Crippen molar-refractivity contribution in [3.8, 4) is 0 Å². The van der Waals surface area contributed by atoms with Crippen LogP contribution in [0.5, 0.6) is 0 Å². The van der Waals surface area contributed by atoms with E-state index in [9.17, 15) is 18.0 Å². The van der Waals surface area contributed by atoms with E-state index >= 15 is 0 Å². The fraction of sp³-hybridized carbons (Fsp3) is 0.529. The van der Waals surface area contributed by atoms with Gasteiger partial charge >= 0.3 is 5.97 Å². The van der Waals surface area contributed by atoms with Crippen molar-refractivity contribution in [2.45, 2.75) is 18.2 Å². The highest BCUT2D eigenvalue weighted by atomic mass is 32.2. The van der Waals surface area contributed by atoms with Crippen LogP contribution in [0.15, 0.2) is 35.2 Å². The van der Waals surface area contributed by atoms with Crippen LogP contribution >= 0.6 is 0 Å². The number of piperazine rings is 1. The minimum absolute atomic E-state index is 0.0688. The van der Waals surface area contributed by atoms with Crippen LogP contribution in [0.4, 0.5) is 0 Å². The molecule has 2 fully saturated rings. The van der Waals surface area contributed by atoms with Crippen molar-refractivity contribution in [3.05, 3.63) is 30.3 Å². The Kier molecular flexibility index (Phi) is 5.10. The van der Waals surface area contributed by atoms with E-state index in [1.165, 1.54) is 4.31 Å². The Morgan fingerprint density at radius 2 is 1.72 bits per heavy atom. The molecule has 1 saturated heterocycles. The van der Waals surface area contributed by atoms with Crippen molar-refractivity contribution in [1.29, 1.82) is 0 Å². The van der Waals surface area contributed by atoms with Crippen LogP contribution in [0.1, 0.15) is 13.3 Å². The zero-order valence-corrected chi connectivity index (χ0v) is 14.9. The molecule has 0 unspecified atom stereocenters. The monoisotopic (exact) mass is 366 g/mol. The first-order valence-electron chi connectivity index (χ1n) is 8.39. The predicted octanol–water partition coefficient (Wildman–Crippen LogP) is 0.719. The van der Waals surface area contributed by atoms with Gasteiger partial charge in [0.15, 0.2) is 6.61 Å². The lowest BCUT2D eigenvalue weighted by molar-refractivity contribution is -0.153. The molecule has 2 aliphatic rings. The molecule has 1 aliphatic carbocycles. The van der Waals surface area contributed by atoms with Gasteiger partial charge in [0, 0.05) is 26.2 Å². The number of amides is 1. The summed E-state index contributed by atoms with van der Waals surface area (Å²) in [6.07, 6.45) is 0.822. The number of rotatable bonds is 5. The molecular weight excluding hydrogens is 344 g/mol. The Bertz CT molecular complexity index is 742. The molecule has 1 aliphatic heterocycles. The van der Waals surface area contributed by atoms with Gasteiger partial charge in [-0.15, -0.1) is 0 Å². The summed E-state index contributed by atoms with van der Waals surface area (Å²) in [5, 5.41) is 0. The zero-order valence-electron chi connectivity index (χ0n) is 14.1. The molecule has 8 heteroatoms. The summed E-state index contributed by atoms with van der Waals surface area (Å²) in [7, 11) is -3.54. The van der Waals surface area contributed by atoms with Gasteiger partial charge in [0.05, 0.1) is 10.8 Å². The zero-order chi connectivity index (χ0) is 18.0. The van der Waals surface area contributed by atoms with Gasteiger partial charge in [-0.2, -0.15) is 4.31 Å². The molecule has 0 N–H and O–H groups in total. The first-order valence-corrected chi connectivity index (χ1v) is 9.83. The van der Waals surface area contributed by atoms with Gasteiger partial charge in [0.1, 0.15) is 0 Å². The van der Waals surface area contributed by atoms with E-state index in [1.807, 2.05) is 6.92 Å². The molecule has 0 bridgehead atoms. The van der Waals surface area contributed by atoms with E-state index in [4.69, 9.17) is 4.74 Å². The van der Waals surface area contributed by atoms with E-state index in [0.717, 1.165) is 6.42 Å². The van der Waals surface area contributed by atoms with Crippen LogP contribution in [0.3, 0.4) is 0 Å². The Hall–Kier alpha value is -1.93. The highest BCUT2D eigenvalue weighted by molar-refractivity contribution is 7.89. The first kappa shape index (κ1) is 17.9. The summed E-state index contributed by atoms with van der Waals surface area (Å²) in [6.45, 7) is 2.76. The molecule has 1 amide bonds. The van der Waals surface area contributed by atoms with Gasteiger partial charge in [-0.05, 0) is 24.5 Å². The van der Waals surface area contributed by atoms with Crippen molar-refractivity contribution < 1.29 is 22.7 Å². The van der Waals surface area contributed by atoms with Crippen LogP contribution in [0.25, 0.3) is 0 Å². The summed E-state index contributed by atoms with van der Waals surface area (Å²) < 4.78 is 31.5. The molecule has 1 aromatic rings. The fourth-order valence-electron chi connectivity index (χ4n) is 2.90.